The Balaban J connectivity index is 2.18. The molecule has 94 valence electrons. The molecule has 0 aliphatic heterocycles. The first-order chi connectivity index (χ1) is 8.56. The molecule has 0 aliphatic rings. The predicted molar refractivity (Wildman–Crippen MR) is 74.4 cm³/mol. The molecular formula is C16H18FN. The Morgan fingerprint density at radius 1 is 0.944 bits per heavy atom. The maximum absolute atomic E-state index is 13.6. The summed E-state index contributed by atoms with van der Waals surface area (Å²) in [6, 6.07) is 13.5. The van der Waals surface area contributed by atoms with Crippen LogP contribution in [0.2, 0.25) is 0 Å². The number of hydrogen-bond donors (Lipinski definition) is 1. The molecule has 0 saturated heterocycles. The minimum atomic E-state index is -0.209. The molecule has 2 rings (SSSR count). The molecule has 0 aliphatic carbocycles. The van der Waals surface area contributed by atoms with Crippen molar-refractivity contribution >= 4 is 5.69 Å². The summed E-state index contributed by atoms with van der Waals surface area (Å²) < 4.78 is 13.6. The standard InChI is InChI=1S/C16H18FN/c1-11-4-7-14(8-5-11)13(3)18-16-10-12(2)6-9-15(16)17/h4-10,13,18H,1-3H3. The van der Waals surface area contributed by atoms with Gasteiger partial charge in [-0.15, -0.1) is 0 Å². The number of hydrogen-bond acceptors (Lipinski definition) is 1. The summed E-state index contributed by atoms with van der Waals surface area (Å²) in [5.74, 6) is -0.209. The molecular weight excluding hydrogens is 225 g/mol. The molecule has 1 atom stereocenters. The van der Waals surface area contributed by atoms with Crippen LogP contribution < -0.4 is 5.32 Å². The van der Waals surface area contributed by atoms with Crippen molar-refractivity contribution in [3.8, 4) is 0 Å². The molecule has 1 unspecified atom stereocenters. The maximum Gasteiger partial charge on any atom is 0.146 e. The van der Waals surface area contributed by atoms with Crippen molar-refractivity contribution in [1.82, 2.24) is 0 Å². The molecule has 0 fully saturated rings. The molecule has 0 amide bonds. The van der Waals surface area contributed by atoms with E-state index in [4.69, 9.17) is 0 Å². The maximum atomic E-state index is 13.6. The van der Waals surface area contributed by atoms with Gasteiger partial charge in [-0.25, -0.2) is 4.39 Å². The molecule has 0 spiro atoms. The van der Waals surface area contributed by atoms with Crippen LogP contribution in [0.5, 0.6) is 0 Å². The zero-order valence-corrected chi connectivity index (χ0v) is 11.0. The third-order valence-corrected chi connectivity index (χ3v) is 3.07. The van der Waals surface area contributed by atoms with E-state index in [0.29, 0.717) is 5.69 Å². The average Bonchev–Trinajstić information content (AvgIpc) is 2.34. The monoisotopic (exact) mass is 243 g/mol. The summed E-state index contributed by atoms with van der Waals surface area (Å²) in [4.78, 5) is 0. The largest absolute Gasteiger partial charge is 0.376 e. The fourth-order valence-corrected chi connectivity index (χ4v) is 1.92. The summed E-state index contributed by atoms with van der Waals surface area (Å²) in [7, 11) is 0. The number of rotatable bonds is 3. The first kappa shape index (κ1) is 12.6. The van der Waals surface area contributed by atoms with E-state index in [2.05, 4.69) is 36.5 Å². The van der Waals surface area contributed by atoms with Crippen molar-refractivity contribution in [3.63, 3.8) is 0 Å². The molecule has 0 bridgehead atoms. The van der Waals surface area contributed by atoms with Crippen molar-refractivity contribution in [2.45, 2.75) is 26.8 Å². The second-order valence-corrected chi connectivity index (χ2v) is 4.76. The Morgan fingerprint density at radius 3 is 2.22 bits per heavy atom. The Hall–Kier alpha value is -1.83. The molecule has 0 heterocycles. The highest BCUT2D eigenvalue weighted by Crippen LogP contribution is 2.22. The van der Waals surface area contributed by atoms with Crippen LogP contribution in [0.3, 0.4) is 0 Å². The van der Waals surface area contributed by atoms with Crippen LogP contribution >= 0.6 is 0 Å². The van der Waals surface area contributed by atoms with Crippen LogP contribution in [0.15, 0.2) is 42.5 Å². The Kier molecular flexibility index (Phi) is 3.66. The molecule has 2 aromatic carbocycles. The molecule has 0 saturated carbocycles. The SMILES string of the molecule is Cc1ccc(C(C)Nc2cc(C)ccc2F)cc1. The van der Waals surface area contributed by atoms with E-state index in [0.717, 1.165) is 11.1 Å². The van der Waals surface area contributed by atoms with Gasteiger partial charge in [0.2, 0.25) is 0 Å². The Labute approximate surface area is 108 Å². The Bertz CT molecular complexity index is 531. The average molecular weight is 243 g/mol. The van der Waals surface area contributed by atoms with E-state index < -0.39 is 0 Å². The topological polar surface area (TPSA) is 12.0 Å². The molecule has 2 aromatic rings. The summed E-state index contributed by atoms with van der Waals surface area (Å²) in [5, 5.41) is 3.21. The van der Waals surface area contributed by atoms with Crippen molar-refractivity contribution in [2.75, 3.05) is 5.32 Å². The van der Waals surface area contributed by atoms with Gasteiger partial charge in [-0.2, -0.15) is 0 Å². The van der Waals surface area contributed by atoms with Gasteiger partial charge < -0.3 is 5.32 Å². The third-order valence-electron chi connectivity index (χ3n) is 3.07. The van der Waals surface area contributed by atoms with Gasteiger partial charge in [-0.3, -0.25) is 0 Å². The summed E-state index contributed by atoms with van der Waals surface area (Å²) >= 11 is 0. The first-order valence-electron chi connectivity index (χ1n) is 6.15. The fourth-order valence-electron chi connectivity index (χ4n) is 1.92. The van der Waals surface area contributed by atoms with E-state index in [9.17, 15) is 4.39 Å². The minimum absolute atomic E-state index is 0.0851. The number of aryl methyl sites for hydroxylation is 2. The van der Waals surface area contributed by atoms with E-state index in [-0.39, 0.29) is 11.9 Å². The van der Waals surface area contributed by atoms with Crippen molar-refractivity contribution in [3.05, 3.63) is 65.0 Å². The first-order valence-corrected chi connectivity index (χ1v) is 6.15. The van der Waals surface area contributed by atoms with Crippen LogP contribution in [0.1, 0.15) is 29.7 Å². The van der Waals surface area contributed by atoms with Crippen LogP contribution in [-0.2, 0) is 0 Å². The van der Waals surface area contributed by atoms with Gasteiger partial charge in [0.15, 0.2) is 0 Å². The van der Waals surface area contributed by atoms with Gasteiger partial charge in [0, 0.05) is 6.04 Å². The number of anilines is 1. The van der Waals surface area contributed by atoms with E-state index in [1.165, 1.54) is 11.6 Å². The summed E-state index contributed by atoms with van der Waals surface area (Å²) in [5.41, 5.74) is 3.99. The van der Waals surface area contributed by atoms with Gasteiger partial charge in [-0.05, 0) is 44.0 Å². The summed E-state index contributed by atoms with van der Waals surface area (Å²) in [6.07, 6.45) is 0. The van der Waals surface area contributed by atoms with Gasteiger partial charge >= 0.3 is 0 Å². The highest BCUT2D eigenvalue weighted by molar-refractivity contribution is 5.49. The van der Waals surface area contributed by atoms with Gasteiger partial charge in [-0.1, -0.05) is 35.9 Å². The molecule has 1 N–H and O–H groups in total. The van der Waals surface area contributed by atoms with Crippen molar-refractivity contribution in [2.24, 2.45) is 0 Å². The molecule has 1 nitrogen and oxygen atoms in total. The predicted octanol–water partition coefficient (Wildman–Crippen LogP) is 4.62. The number of halogens is 1. The quantitative estimate of drug-likeness (QED) is 0.829. The highest BCUT2D eigenvalue weighted by atomic mass is 19.1. The van der Waals surface area contributed by atoms with Crippen LogP contribution in [0.4, 0.5) is 10.1 Å². The highest BCUT2D eigenvalue weighted by Gasteiger charge is 2.08. The second kappa shape index (κ2) is 5.21. The number of benzene rings is 2. The lowest BCUT2D eigenvalue weighted by Crippen LogP contribution is -2.08. The third kappa shape index (κ3) is 2.89. The van der Waals surface area contributed by atoms with Gasteiger partial charge in [0.05, 0.1) is 5.69 Å². The van der Waals surface area contributed by atoms with Crippen LogP contribution in [0, 0.1) is 19.7 Å². The molecule has 0 radical (unpaired) electrons. The molecule has 18 heavy (non-hydrogen) atoms. The lowest BCUT2D eigenvalue weighted by molar-refractivity contribution is 0.627. The van der Waals surface area contributed by atoms with Gasteiger partial charge in [0.25, 0.3) is 0 Å². The molecule has 2 heteroatoms. The normalized spacial score (nSPS) is 12.2. The fraction of sp³-hybridized carbons (Fsp3) is 0.250. The second-order valence-electron chi connectivity index (χ2n) is 4.76. The van der Waals surface area contributed by atoms with Crippen LogP contribution in [-0.4, -0.2) is 0 Å². The van der Waals surface area contributed by atoms with Crippen LogP contribution in [0.25, 0.3) is 0 Å². The molecule has 0 aromatic heterocycles. The van der Waals surface area contributed by atoms with E-state index >= 15 is 0 Å². The van der Waals surface area contributed by atoms with Crippen molar-refractivity contribution in [1.29, 1.82) is 0 Å². The van der Waals surface area contributed by atoms with Gasteiger partial charge in [0.1, 0.15) is 5.82 Å². The summed E-state index contributed by atoms with van der Waals surface area (Å²) in [6.45, 7) is 6.05. The lowest BCUT2D eigenvalue weighted by Gasteiger charge is -2.17. The van der Waals surface area contributed by atoms with Crippen molar-refractivity contribution < 1.29 is 4.39 Å². The lowest BCUT2D eigenvalue weighted by atomic mass is 10.1. The number of nitrogens with one attached hydrogen (secondary N) is 1. The smallest absolute Gasteiger partial charge is 0.146 e. The van der Waals surface area contributed by atoms with E-state index in [1.807, 2.05) is 19.9 Å². The zero-order valence-electron chi connectivity index (χ0n) is 11.0. The zero-order chi connectivity index (χ0) is 13.1. The Morgan fingerprint density at radius 2 is 1.56 bits per heavy atom. The van der Waals surface area contributed by atoms with E-state index in [1.54, 1.807) is 6.07 Å². The minimum Gasteiger partial charge on any atom is -0.376 e.